The van der Waals surface area contributed by atoms with Crippen LogP contribution in [0.5, 0.6) is 0 Å². The van der Waals surface area contributed by atoms with Gasteiger partial charge in [0.1, 0.15) is 0 Å². The minimum Gasteiger partial charge on any atom is -0.341 e. The number of pyridine rings is 1. The first-order chi connectivity index (χ1) is 8.10. The van der Waals surface area contributed by atoms with Crippen molar-refractivity contribution in [3.05, 3.63) is 30.1 Å². The van der Waals surface area contributed by atoms with Crippen LogP contribution in [0, 0.1) is 5.41 Å². The maximum absolute atomic E-state index is 5.34. The first-order valence-corrected chi connectivity index (χ1v) is 5.68. The van der Waals surface area contributed by atoms with Crippen LogP contribution in [-0.2, 0) is 4.84 Å². The van der Waals surface area contributed by atoms with Crippen molar-refractivity contribution in [2.24, 2.45) is 15.6 Å². The van der Waals surface area contributed by atoms with Crippen molar-refractivity contribution in [1.29, 1.82) is 0 Å². The van der Waals surface area contributed by atoms with Crippen LogP contribution < -0.4 is 0 Å². The van der Waals surface area contributed by atoms with E-state index in [0.717, 1.165) is 12.0 Å². The normalized spacial score (nSPS) is 13.1. The molecule has 0 amide bonds. The van der Waals surface area contributed by atoms with Crippen molar-refractivity contribution < 1.29 is 4.84 Å². The second-order valence-electron chi connectivity index (χ2n) is 4.38. The zero-order chi connectivity index (χ0) is 12.7. The third-order valence-corrected chi connectivity index (χ3v) is 2.69. The summed E-state index contributed by atoms with van der Waals surface area (Å²) in [4.78, 5) is 13.5. The van der Waals surface area contributed by atoms with E-state index in [1.807, 2.05) is 12.1 Å². The molecule has 0 aliphatic rings. The predicted molar refractivity (Wildman–Crippen MR) is 70.3 cm³/mol. The fourth-order valence-electron chi connectivity index (χ4n) is 1.21. The molecule has 0 bridgehead atoms. The summed E-state index contributed by atoms with van der Waals surface area (Å²) in [6.07, 6.45) is 6.02. The maximum Gasteiger partial charge on any atom is 0.225 e. The molecule has 0 saturated carbocycles. The van der Waals surface area contributed by atoms with Crippen LogP contribution in [-0.4, -0.2) is 24.1 Å². The highest BCUT2D eigenvalue weighted by atomic mass is 16.6. The Labute approximate surface area is 102 Å². The Morgan fingerprint density at radius 2 is 2.29 bits per heavy atom. The Hall–Kier alpha value is -1.71. The van der Waals surface area contributed by atoms with E-state index in [4.69, 9.17) is 4.84 Å². The van der Waals surface area contributed by atoms with Crippen LogP contribution >= 0.6 is 0 Å². The molecule has 0 radical (unpaired) electrons. The van der Waals surface area contributed by atoms with Gasteiger partial charge in [-0.25, -0.2) is 0 Å². The number of aliphatic imine (C=N–C) groups is 1. The van der Waals surface area contributed by atoms with E-state index in [-0.39, 0.29) is 5.41 Å². The van der Waals surface area contributed by atoms with Gasteiger partial charge in [-0.1, -0.05) is 32.0 Å². The fraction of sp³-hybridized carbons (Fsp3) is 0.462. The van der Waals surface area contributed by atoms with E-state index in [2.05, 4.69) is 35.9 Å². The molecule has 1 aromatic rings. The molecule has 0 unspecified atom stereocenters. The molecule has 0 aliphatic carbocycles. The van der Waals surface area contributed by atoms with Gasteiger partial charge in [0, 0.05) is 30.4 Å². The molecule has 0 atom stereocenters. The molecule has 0 saturated heterocycles. The molecule has 0 N–H and O–H groups in total. The minimum atomic E-state index is -0.0962. The number of rotatable bonds is 4. The van der Waals surface area contributed by atoms with Crippen molar-refractivity contribution in [2.45, 2.75) is 27.2 Å². The van der Waals surface area contributed by atoms with E-state index in [1.165, 1.54) is 0 Å². The Morgan fingerprint density at radius 3 is 2.82 bits per heavy atom. The lowest BCUT2D eigenvalue weighted by molar-refractivity contribution is 0.269. The summed E-state index contributed by atoms with van der Waals surface area (Å²) in [5.41, 5.74) is 0.804. The quantitative estimate of drug-likeness (QED) is 0.456. The number of hydrogen-bond acceptors (Lipinski definition) is 4. The summed E-state index contributed by atoms with van der Waals surface area (Å²) in [5, 5.41) is 3.93. The van der Waals surface area contributed by atoms with E-state index in [0.29, 0.717) is 5.90 Å². The van der Waals surface area contributed by atoms with Crippen LogP contribution in [0.1, 0.15) is 32.8 Å². The van der Waals surface area contributed by atoms with Gasteiger partial charge < -0.3 is 4.84 Å². The van der Waals surface area contributed by atoms with Crippen LogP contribution in [0.25, 0.3) is 0 Å². The third kappa shape index (κ3) is 3.98. The van der Waals surface area contributed by atoms with Crippen LogP contribution in [0.4, 0.5) is 0 Å². The second kappa shape index (κ2) is 6.13. The molecule has 0 fully saturated rings. The first kappa shape index (κ1) is 13.4. The highest BCUT2D eigenvalue weighted by Gasteiger charge is 2.24. The molecule has 4 nitrogen and oxygen atoms in total. The summed E-state index contributed by atoms with van der Waals surface area (Å²) in [7, 11) is 1.71. The van der Waals surface area contributed by atoms with Gasteiger partial charge in [0.25, 0.3) is 0 Å². The smallest absolute Gasteiger partial charge is 0.225 e. The molecule has 92 valence electrons. The average molecular weight is 233 g/mol. The summed E-state index contributed by atoms with van der Waals surface area (Å²) >= 11 is 0. The van der Waals surface area contributed by atoms with Gasteiger partial charge in [-0.05, 0) is 12.5 Å². The Bertz CT molecular complexity index is 396. The van der Waals surface area contributed by atoms with Crippen molar-refractivity contribution in [3.8, 4) is 0 Å². The Morgan fingerprint density at radius 1 is 1.53 bits per heavy atom. The second-order valence-corrected chi connectivity index (χ2v) is 4.38. The third-order valence-electron chi connectivity index (χ3n) is 2.69. The van der Waals surface area contributed by atoms with Crippen LogP contribution in [0.2, 0.25) is 0 Å². The van der Waals surface area contributed by atoms with Gasteiger partial charge in [-0.2, -0.15) is 0 Å². The SMILES string of the molecule is CCC(C)(C)C(=NC)O/N=C/c1cccnc1. The average Bonchev–Trinajstić information content (AvgIpc) is 2.35. The van der Waals surface area contributed by atoms with Gasteiger partial charge >= 0.3 is 0 Å². The first-order valence-electron chi connectivity index (χ1n) is 5.68. The lowest BCUT2D eigenvalue weighted by atomic mass is 9.90. The minimum absolute atomic E-state index is 0.0962. The van der Waals surface area contributed by atoms with Crippen molar-refractivity contribution >= 4 is 12.1 Å². The predicted octanol–water partition coefficient (Wildman–Crippen LogP) is 2.90. The van der Waals surface area contributed by atoms with E-state index in [1.54, 1.807) is 25.7 Å². The van der Waals surface area contributed by atoms with Crippen LogP contribution in [0.15, 0.2) is 34.7 Å². The topological polar surface area (TPSA) is 46.8 Å². The standard InChI is InChI=1S/C13H19N3O/c1-5-13(2,3)12(14-4)17-16-10-11-7-6-8-15-9-11/h6-10H,5H2,1-4H3/b14-12?,16-10+. The maximum atomic E-state index is 5.34. The highest BCUT2D eigenvalue weighted by molar-refractivity contribution is 5.83. The van der Waals surface area contributed by atoms with Gasteiger partial charge in [-0.15, -0.1) is 0 Å². The number of hydrogen-bond donors (Lipinski definition) is 0. The molecule has 0 aliphatic heterocycles. The van der Waals surface area contributed by atoms with Crippen molar-refractivity contribution in [1.82, 2.24) is 4.98 Å². The fourth-order valence-corrected chi connectivity index (χ4v) is 1.21. The molecule has 1 aromatic heterocycles. The van der Waals surface area contributed by atoms with Gasteiger partial charge in [0.2, 0.25) is 5.90 Å². The molecule has 0 aromatic carbocycles. The lowest BCUT2D eigenvalue weighted by Gasteiger charge is -2.21. The summed E-state index contributed by atoms with van der Waals surface area (Å²) in [6, 6.07) is 3.76. The monoisotopic (exact) mass is 233 g/mol. The van der Waals surface area contributed by atoms with Gasteiger partial charge in [-0.3, -0.25) is 9.98 Å². The van der Waals surface area contributed by atoms with Gasteiger partial charge in [0.15, 0.2) is 0 Å². The number of nitrogens with zero attached hydrogens (tertiary/aromatic N) is 3. The zero-order valence-electron chi connectivity index (χ0n) is 10.8. The van der Waals surface area contributed by atoms with Crippen molar-refractivity contribution in [3.63, 3.8) is 0 Å². The highest BCUT2D eigenvalue weighted by Crippen LogP contribution is 2.22. The molecule has 0 spiro atoms. The summed E-state index contributed by atoms with van der Waals surface area (Å²) < 4.78 is 0. The Balaban J connectivity index is 2.64. The zero-order valence-corrected chi connectivity index (χ0v) is 10.8. The molecular weight excluding hydrogens is 214 g/mol. The summed E-state index contributed by atoms with van der Waals surface area (Å²) in [6.45, 7) is 6.25. The molecule has 1 heterocycles. The van der Waals surface area contributed by atoms with Crippen molar-refractivity contribution in [2.75, 3.05) is 7.05 Å². The molecule has 1 rings (SSSR count). The van der Waals surface area contributed by atoms with E-state index < -0.39 is 0 Å². The van der Waals surface area contributed by atoms with Crippen LogP contribution in [0.3, 0.4) is 0 Å². The lowest BCUT2D eigenvalue weighted by Crippen LogP contribution is -2.24. The molecule has 17 heavy (non-hydrogen) atoms. The number of oxime groups is 1. The van der Waals surface area contributed by atoms with E-state index in [9.17, 15) is 0 Å². The van der Waals surface area contributed by atoms with E-state index >= 15 is 0 Å². The number of aromatic nitrogens is 1. The largest absolute Gasteiger partial charge is 0.341 e. The molecule has 4 heteroatoms. The van der Waals surface area contributed by atoms with Gasteiger partial charge in [0.05, 0.1) is 6.21 Å². The summed E-state index contributed by atoms with van der Waals surface area (Å²) in [5.74, 6) is 0.639. The Kier molecular flexibility index (Phi) is 4.82. The molecular formula is C13H19N3O.